The van der Waals surface area contributed by atoms with Crippen LogP contribution < -0.4 is 4.85 Å². The zero-order valence-electron chi connectivity index (χ0n) is 3.91. The van der Waals surface area contributed by atoms with Gasteiger partial charge in [0.25, 0.3) is 0 Å². The molecular weight excluding hydrogens is 128 g/mol. The fourth-order valence-corrected chi connectivity index (χ4v) is 0.504. The van der Waals surface area contributed by atoms with Crippen molar-refractivity contribution < 1.29 is 4.85 Å². The van der Waals surface area contributed by atoms with Crippen LogP contribution in [-0.2, 0) is 0 Å². The van der Waals surface area contributed by atoms with E-state index in [1.165, 1.54) is 18.3 Å². The zero-order valence-corrected chi connectivity index (χ0v) is 4.67. The van der Waals surface area contributed by atoms with Crippen molar-refractivity contribution in [3.8, 4) is 0 Å². The summed E-state index contributed by atoms with van der Waals surface area (Å²) < 4.78 is 0. The highest BCUT2D eigenvalue weighted by molar-refractivity contribution is 6.29. The first-order valence-electron chi connectivity index (χ1n) is 2.01. The molecule has 1 aromatic heterocycles. The van der Waals surface area contributed by atoms with Crippen LogP contribution in [0.15, 0.2) is 18.3 Å². The minimum atomic E-state index is 0.211. The third-order valence-corrected chi connectivity index (χ3v) is 0.843. The molecular formula is C4H3ClN2O. The molecule has 8 heavy (non-hydrogen) atoms. The van der Waals surface area contributed by atoms with Gasteiger partial charge in [-0.3, -0.25) is 0 Å². The van der Waals surface area contributed by atoms with Crippen LogP contribution in [-0.4, -0.2) is 5.10 Å². The Balaban J connectivity index is 3.08. The molecule has 4 heteroatoms. The summed E-state index contributed by atoms with van der Waals surface area (Å²) in [6, 6.07) is 3.07. The fraction of sp³-hybridized carbons (Fsp3) is 0. The van der Waals surface area contributed by atoms with Gasteiger partial charge in [-0.15, -0.1) is 0 Å². The Morgan fingerprint density at radius 1 is 1.75 bits per heavy atom. The molecule has 0 atom stereocenters. The summed E-state index contributed by atoms with van der Waals surface area (Å²) in [6.07, 6.45) is 1.27. The maximum absolute atomic E-state index is 10.2. The van der Waals surface area contributed by atoms with Gasteiger partial charge in [0.2, 0.25) is 6.20 Å². The highest BCUT2D eigenvalue weighted by Gasteiger charge is 1.89. The molecule has 0 unspecified atom stereocenters. The lowest BCUT2D eigenvalue weighted by Crippen LogP contribution is -2.29. The summed E-state index contributed by atoms with van der Waals surface area (Å²) in [5.41, 5.74) is 0. The van der Waals surface area contributed by atoms with Crippen molar-refractivity contribution in [2.24, 2.45) is 0 Å². The van der Waals surface area contributed by atoms with Crippen molar-refractivity contribution in [3.05, 3.63) is 28.7 Å². The Bertz CT molecular complexity index is 174. The predicted octanol–water partition coefficient (Wildman–Crippen LogP) is 0.368. The van der Waals surface area contributed by atoms with Crippen molar-refractivity contribution in [2.45, 2.75) is 0 Å². The topological polar surface area (TPSA) is 39.8 Å². The normalized spacial score (nSPS) is 9.12. The molecule has 0 fully saturated rings. The van der Waals surface area contributed by atoms with E-state index in [1.54, 1.807) is 0 Å². The zero-order chi connectivity index (χ0) is 5.98. The highest BCUT2D eigenvalue weighted by atomic mass is 35.5. The van der Waals surface area contributed by atoms with E-state index in [9.17, 15) is 5.21 Å². The summed E-state index contributed by atoms with van der Waals surface area (Å²) in [7, 11) is 0. The first-order chi connectivity index (χ1) is 3.79. The van der Waals surface area contributed by atoms with Crippen LogP contribution in [0, 0.1) is 5.21 Å². The second-order valence-electron chi connectivity index (χ2n) is 1.23. The van der Waals surface area contributed by atoms with E-state index in [0.29, 0.717) is 4.85 Å². The van der Waals surface area contributed by atoms with E-state index >= 15 is 0 Å². The minimum Gasteiger partial charge on any atom is -0.594 e. The summed E-state index contributed by atoms with van der Waals surface area (Å²) >= 11 is 5.31. The van der Waals surface area contributed by atoms with Crippen LogP contribution in [0.4, 0.5) is 0 Å². The van der Waals surface area contributed by atoms with Gasteiger partial charge in [-0.05, 0) is 6.07 Å². The molecule has 0 aliphatic heterocycles. The Morgan fingerprint density at radius 3 is 2.88 bits per heavy atom. The third-order valence-electron chi connectivity index (χ3n) is 0.641. The van der Waals surface area contributed by atoms with E-state index in [2.05, 4.69) is 5.10 Å². The molecule has 0 aliphatic rings. The molecule has 42 valence electrons. The van der Waals surface area contributed by atoms with Gasteiger partial charge in [0, 0.05) is 11.2 Å². The summed E-state index contributed by atoms with van der Waals surface area (Å²) in [4.78, 5) is 0.405. The molecule has 1 heterocycles. The van der Waals surface area contributed by atoms with Crippen LogP contribution in [0.2, 0.25) is 5.15 Å². The van der Waals surface area contributed by atoms with Gasteiger partial charge < -0.3 is 5.21 Å². The van der Waals surface area contributed by atoms with E-state index in [1.807, 2.05) is 0 Å². The van der Waals surface area contributed by atoms with Crippen molar-refractivity contribution >= 4 is 11.6 Å². The summed E-state index contributed by atoms with van der Waals surface area (Å²) in [5.74, 6) is 0. The SMILES string of the molecule is [O-][n+]1cccc(Cl)n1. The molecule has 0 saturated heterocycles. The largest absolute Gasteiger partial charge is 0.594 e. The van der Waals surface area contributed by atoms with Gasteiger partial charge in [-0.25, -0.2) is 0 Å². The number of rotatable bonds is 0. The van der Waals surface area contributed by atoms with Crippen LogP contribution in [0.3, 0.4) is 0 Å². The van der Waals surface area contributed by atoms with E-state index in [0.717, 1.165) is 0 Å². The minimum absolute atomic E-state index is 0.211. The average Bonchev–Trinajstić information content (AvgIpc) is 1.64. The van der Waals surface area contributed by atoms with Gasteiger partial charge >= 0.3 is 0 Å². The maximum atomic E-state index is 10.2. The molecule has 3 nitrogen and oxygen atoms in total. The molecule has 0 aliphatic carbocycles. The van der Waals surface area contributed by atoms with Crippen molar-refractivity contribution in [1.29, 1.82) is 0 Å². The highest BCUT2D eigenvalue weighted by Crippen LogP contribution is 1.95. The first-order valence-corrected chi connectivity index (χ1v) is 2.39. The number of hydrogen-bond acceptors (Lipinski definition) is 2. The van der Waals surface area contributed by atoms with Crippen LogP contribution in [0.1, 0.15) is 0 Å². The van der Waals surface area contributed by atoms with Crippen molar-refractivity contribution in [1.82, 2.24) is 5.10 Å². The van der Waals surface area contributed by atoms with Gasteiger partial charge in [0.1, 0.15) is 0 Å². The van der Waals surface area contributed by atoms with Crippen LogP contribution in [0.25, 0.3) is 0 Å². The quantitative estimate of drug-likeness (QED) is 0.376. The van der Waals surface area contributed by atoms with E-state index in [4.69, 9.17) is 11.6 Å². The number of hydrogen-bond donors (Lipinski definition) is 0. The first kappa shape index (κ1) is 5.31. The van der Waals surface area contributed by atoms with Crippen LogP contribution in [0.5, 0.6) is 0 Å². The maximum Gasteiger partial charge on any atom is 0.210 e. The number of halogens is 1. The Kier molecular flexibility index (Phi) is 1.30. The third kappa shape index (κ3) is 1.07. The Labute approximate surface area is 51.1 Å². The fourth-order valence-electron chi connectivity index (χ4n) is 0.357. The number of nitrogens with zero attached hydrogens (tertiary/aromatic N) is 2. The molecule has 0 N–H and O–H groups in total. The van der Waals surface area contributed by atoms with Gasteiger partial charge in [0.15, 0.2) is 5.15 Å². The molecule has 0 saturated carbocycles. The second-order valence-corrected chi connectivity index (χ2v) is 1.62. The molecule has 1 aromatic rings. The molecule has 1 rings (SSSR count). The average molecular weight is 131 g/mol. The molecule has 0 amide bonds. The van der Waals surface area contributed by atoms with Crippen molar-refractivity contribution in [3.63, 3.8) is 0 Å². The molecule has 0 spiro atoms. The monoisotopic (exact) mass is 130 g/mol. The summed E-state index contributed by atoms with van der Waals surface area (Å²) in [6.45, 7) is 0. The molecule has 0 aromatic carbocycles. The van der Waals surface area contributed by atoms with Gasteiger partial charge in [0.05, 0.1) is 0 Å². The smallest absolute Gasteiger partial charge is 0.210 e. The standard InChI is InChI=1S/C4H3ClN2O/c5-4-2-1-3-7(8)6-4/h1-3H. The van der Waals surface area contributed by atoms with Gasteiger partial charge in [-0.1, -0.05) is 16.4 Å². The second kappa shape index (κ2) is 1.96. The Hall–Kier alpha value is -0.830. The Morgan fingerprint density at radius 2 is 2.50 bits per heavy atom. The molecule has 0 radical (unpaired) electrons. The molecule has 0 bridgehead atoms. The van der Waals surface area contributed by atoms with Crippen molar-refractivity contribution in [2.75, 3.05) is 0 Å². The summed E-state index contributed by atoms with van der Waals surface area (Å²) in [5, 5.41) is 13.7. The van der Waals surface area contributed by atoms with E-state index in [-0.39, 0.29) is 5.15 Å². The lowest BCUT2D eigenvalue weighted by Gasteiger charge is -1.87. The van der Waals surface area contributed by atoms with Gasteiger partial charge in [-0.2, -0.15) is 0 Å². The van der Waals surface area contributed by atoms with E-state index < -0.39 is 0 Å². The van der Waals surface area contributed by atoms with Crippen LogP contribution >= 0.6 is 11.6 Å². The lowest BCUT2D eigenvalue weighted by atomic mass is 10.6. The lowest BCUT2D eigenvalue weighted by molar-refractivity contribution is -0.669. The number of aromatic nitrogens is 2. The predicted molar refractivity (Wildman–Crippen MR) is 28.2 cm³/mol.